The Kier molecular flexibility index (Phi) is 4.46. The van der Waals surface area contributed by atoms with Crippen LogP contribution in [0.25, 0.3) is 0 Å². The van der Waals surface area contributed by atoms with E-state index < -0.39 is 0 Å². The normalized spacial score (nSPS) is 9.67. The molecular weight excluding hydrogens is 168 g/mol. The number of nitrogens with one attached hydrogen (secondary N) is 1. The third-order valence-electron chi connectivity index (χ3n) is 1.54. The summed E-state index contributed by atoms with van der Waals surface area (Å²) < 4.78 is 0. The minimum Gasteiger partial charge on any atom is -0.362 e. The summed E-state index contributed by atoms with van der Waals surface area (Å²) in [6.45, 7) is 4.69. The second-order valence-electron chi connectivity index (χ2n) is 2.55. The zero-order chi connectivity index (χ0) is 8.65. The molecule has 1 aromatic rings. The molecule has 0 saturated carbocycles. The van der Waals surface area contributed by atoms with E-state index in [1.807, 2.05) is 17.7 Å². The number of thiazole rings is 1. The van der Waals surface area contributed by atoms with Crippen LogP contribution in [0.2, 0.25) is 0 Å². The molecule has 1 aromatic heterocycles. The van der Waals surface area contributed by atoms with Crippen LogP contribution in [0.1, 0.15) is 19.3 Å². The van der Waals surface area contributed by atoms with Crippen molar-refractivity contribution in [1.82, 2.24) is 4.98 Å². The van der Waals surface area contributed by atoms with Gasteiger partial charge in [-0.3, -0.25) is 0 Å². The summed E-state index contributed by atoms with van der Waals surface area (Å²) in [7, 11) is 0. The minimum absolute atomic E-state index is 1.02. The Hall–Kier alpha value is -0.830. The molecule has 0 radical (unpaired) electrons. The zero-order valence-electron chi connectivity index (χ0n) is 7.12. The van der Waals surface area contributed by atoms with Crippen LogP contribution in [0, 0.1) is 0 Å². The van der Waals surface area contributed by atoms with Crippen LogP contribution in [0.4, 0.5) is 5.13 Å². The fourth-order valence-corrected chi connectivity index (χ4v) is 1.48. The molecule has 0 amide bonds. The van der Waals surface area contributed by atoms with Gasteiger partial charge in [0.25, 0.3) is 0 Å². The maximum atomic E-state index is 4.12. The Morgan fingerprint density at radius 1 is 1.58 bits per heavy atom. The molecule has 1 rings (SSSR count). The van der Waals surface area contributed by atoms with Gasteiger partial charge in [0.2, 0.25) is 0 Å². The number of allylic oxidation sites excluding steroid dienone is 1. The van der Waals surface area contributed by atoms with Crippen molar-refractivity contribution in [2.24, 2.45) is 0 Å². The van der Waals surface area contributed by atoms with Crippen molar-refractivity contribution >= 4 is 16.5 Å². The largest absolute Gasteiger partial charge is 0.362 e. The van der Waals surface area contributed by atoms with Gasteiger partial charge in [-0.15, -0.1) is 17.9 Å². The van der Waals surface area contributed by atoms with Gasteiger partial charge in [0.1, 0.15) is 0 Å². The average Bonchev–Trinajstić information content (AvgIpc) is 2.57. The maximum absolute atomic E-state index is 4.12. The first-order valence-corrected chi connectivity index (χ1v) is 5.05. The summed E-state index contributed by atoms with van der Waals surface area (Å²) in [4.78, 5) is 4.12. The Morgan fingerprint density at radius 2 is 2.50 bits per heavy atom. The standard InChI is InChI=1S/C9H14N2S/c1-2-3-4-5-6-10-9-11-7-8-12-9/h2,7-8H,1,3-6H2,(H,10,11). The predicted octanol–water partition coefficient (Wildman–Crippen LogP) is 2.91. The van der Waals surface area contributed by atoms with Crippen molar-refractivity contribution in [3.05, 3.63) is 24.2 Å². The van der Waals surface area contributed by atoms with E-state index in [9.17, 15) is 0 Å². The summed E-state index contributed by atoms with van der Waals surface area (Å²) in [6.07, 6.45) is 7.28. The van der Waals surface area contributed by atoms with Gasteiger partial charge in [-0.1, -0.05) is 6.08 Å². The molecule has 0 saturated heterocycles. The Morgan fingerprint density at radius 3 is 3.17 bits per heavy atom. The van der Waals surface area contributed by atoms with Crippen molar-refractivity contribution in [2.75, 3.05) is 11.9 Å². The number of hydrogen-bond acceptors (Lipinski definition) is 3. The van der Waals surface area contributed by atoms with Crippen LogP contribution < -0.4 is 5.32 Å². The molecule has 0 unspecified atom stereocenters. The van der Waals surface area contributed by atoms with E-state index in [1.54, 1.807) is 11.3 Å². The van der Waals surface area contributed by atoms with Gasteiger partial charge in [0.05, 0.1) is 0 Å². The lowest BCUT2D eigenvalue weighted by molar-refractivity contribution is 0.779. The van der Waals surface area contributed by atoms with Crippen LogP contribution in [0.3, 0.4) is 0 Å². The van der Waals surface area contributed by atoms with Gasteiger partial charge in [-0.05, 0) is 19.3 Å². The van der Waals surface area contributed by atoms with Crippen LogP contribution >= 0.6 is 11.3 Å². The lowest BCUT2D eigenvalue weighted by atomic mass is 10.2. The summed E-state index contributed by atoms with van der Waals surface area (Å²) in [5.74, 6) is 0. The molecule has 1 heterocycles. The van der Waals surface area contributed by atoms with E-state index in [1.165, 1.54) is 12.8 Å². The molecule has 1 N–H and O–H groups in total. The monoisotopic (exact) mass is 182 g/mol. The number of rotatable bonds is 6. The SMILES string of the molecule is C=CCCCCNc1nccs1. The van der Waals surface area contributed by atoms with Crippen molar-refractivity contribution in [1.29, 1.82) is 0 Å². The number of aromatic nitrogens is 1. The van der Waals surface area contributed by atoms with Gasteiger partial charge in [-0.2, -0.15) is 0 Å². The molecule has 2 nitrogen and oxygen atoms in total. The summed E-state index contributed by atoms with van der Waals surface area (Å²) >= 11 is 1.64. The number of nitrogens with zero attached hydrogens (tertiary/aromatic N) is 1. The molecule has 0 aliphatic carbocycles. The highest BCUT2D eigenvalue weighted by atomic mass is 32.1. The molecule has 0 aromatic carbocycles. The molecular formula is C9H14N2S. The molecule has 0 spiro atoms. The lowest BCUT2D eigenvalue weighted by Gasteiger charge is -1.99. The lowest BCUT2D eigenvalue weighted by Crippen LogP contribution is -2.00. The molecule has 0 bridgehead atoms. The smallest absolute Gasteiger partial charge is 0.182 e. The maximum Gasteiger partial charge on any atom is 0.182 e. The van der Waals surface area contributed by atoms with Crippen LogP contribution in [-0.4, -0.2) is 11.5 Å². The van der Waals surface area contributed by atoms with Gasteiger partial charge in [0, 0.05) is 18.1 Å². The van der Waals surface area contributed by atoms with Crippen LogP contribution in [0.15, 0.2) is 24.2 Å². The summed E-state index contributed by atoms with van der Waals surface area (Å²) in [6, 6.07) is 0. The minimum atomic E-state index is 1.02. The van der Waals surface area contributed by atoms with Gasteiger partial charge >= 0.3 is 0 Å². The molecule has 0 fully saturated rings. The average molecular weight is 182 g/mol. The first-order valence-electron chi connectivity index (χ1n) is 4.18. The summed E-state index contributed by atoms with van der Waals surface area (Å²) in [5.41, 5.74) is 0. The van der Waals surface area contributed by atoms with E-state index in [0.717, 1.165) is 18.1 Å². The molecule has 0 aliphatic heterocycles. The third kappa shape index (κ3) is 3.53. The Balaban J connectivity index is 2.00. The first-order chi connectivity index (χ1) is 5.93. The van der Waals surface area contributed by atoms with Gasteiger partial charge in [-0.25, -0.2) is 4.98 Å². The molecule has 0 atom stereocenters. The van der Waals surface area contributed by atoms with E-state index >= 15 is 0 Å². The Labute approximate surface area is 77.3 Å². The fraction of sp³-hybridized carbons (Fsp3) is 0.444. The van der Waals surface area contributed by atoms with Gasteiger partial charge < -0.3 is 5.32 Å². The van der Waals surface area contributed by atoms with E-state index in [0.29, 0.717) is 0 Å². The van der Waals surface area contributed by atoms with Crippen molar-refractivity contribution < 1.29 is 0 Å². The van der Waals surface area contributed by atoms with E-state index in [-0.39, 0.29) is 0 Å². The van der Waals surface area contributed by atoms with E-state index in [2.05, 4.69) is 16.9 Å². The first kappa shape index (κ1) is 9.26. The Bertz CT molecular complexity index is 206. The molecule has 66 valence electrons. The van der Waals surface area contributed by atoms with Crippen LogP contribution in [-0.2, 0) is 0 Å². The molecule has 0 aliphatic rings. The van der Waals surface area contributed by atoms with E-state index in [4.69, 9.17) is 0 Å². The zero-order valence-corrected chi connectivity index (χ0v) is 7.94. The fourth-order valence-electron chi connectivity index (χ4n) is 0.920. The second kappa shape index (κ2) is 5.77. The van der Waals surface area contributed by atoms with Crippen molar-refractivity contribution in [2.45, 2.75) is 19.3 Å². The topological polar surface area (TPSA) is 24.9 Å². The highest BCUT2D eigenvalue weighted by molar-refractivity contribution is 7.13. The second-order valence-corrected chi connectivity index (χ2v) is 3.44. The number of hydrogen-bond donors (Lipinski definition) is 1. The van der Waals surface area contributed by atoms with Gasteiger partial charge in [0.15, 0.2) is 5.13 Å². The van der Waals surface area contributed by atoms with Crippen molar-refractivity contribution in [3.63, 3.8) is 0 Å². The highest BCUT2D eigenvalue weighted by Gasteiger charge is 1.91. The molecule has 3 heteroatoms. The quantitative estimate of drug-likeness (QED) is 0.540. The predicted molar refractivity (Wildman–Crippen MR) is 54.7 cm³/mol. The molecule has 12 heavy (non-hydrogen) atoms. The number of unbranched alkanes of at least 4 members (excludes halogenated alkanes) is 2. The van der Waals surface area contributed by atoms with Crippen molar-refractivity contribution in [3.8, 4) is 0 Å². The summed E-state index contributed by atoms with van der Waals surface area (Å²) in [5, 5.41) is 6.26. The highest BCUT2D eigenvalue weighted by Crippen LogP contribution is 2.10. The third-order valence-corrected chi connectivity index (χ3v) is 2.27. The van der Waals surface area contributed by atoms with Crippen LogP contribution in [0.5, 0.6) is 0 Å². The number of anilines is 1.